The predicted molar refractivity (Wildman–Crippen MR) is 59.1 cm³/mol. The highest BCUT2D eigenvalue weighted by molar-refractivity contribution is 5.85. The van der Waals surface area contributed by atoms with Gasteiger partial charge in [-0.2, -0.15) is 0 Å². The molecular weight excluding hydrogens is 220 g/mol. The lowest BCUT2D eigenvalue weighted by atomic mass is 10.1. The van der Waals surface area contributed by atoms with Crippen molar-refractivity contribution >= 4 is 18.1 Å². The van der Waals surface area contributed by atoms with Gasteiger partial charge in [0.15, 0.2) is 0 Å². The quantitative estimate of drug-likeness (QED) is 0.608. The van der Waals surface area contributed by atoms with E-state index in [1.165, 1.54) is 6.07 Å². The summed E-state index contributed by atoms with van der Waals surface area (Å²) >= 11 is 0. The number of halogens is 1. The largest absolute Gasteiger partial charge is 0.394 e. The van der Waals surface area contributed by atoms with Gasteiger partial charge < -0.3 is 10.8 Å². The molecule has 1 aromatic rings. The molecular formula is C9H13ClN2O3. The lowest BCUT2D eigenvalue weighted by molar-refractivity contribution is -0.385. The van der Waals surface area contributed by atoms with Crippen molar-refractivity contribution in [2.24, 2.45) is 5.73 Å². The highest BCUT2D eigenvalue weighted by Gasteiger charge is 2.13. The molecule has 0 bridgehead atoms. The van der Waals surface area contributed by atoms with Crippen LogP contribution in [0.5, 0.6) is 0 Å². The summed E-state index contributed by atoms with van der Waals surface area (Å²) in [7, 11) is 0. The van der Waals surface area contributed by atoms with Crippen LogP contribution in [-0.4, -0.2) is 16.6 Å². The zero-order chi connectivity index (χ0) is 10.7. The van der Waals surface area contributed by atoms with Gasteiger partial charge in [0.1, 0.15) is 0 Å². The molecule has 0 aliphatic heterocycles. The number of nitro benzene ring substituents is 1. The van der Waals surface area contributed by atoms with Crippen LogP contribution < -0.4 is 5.73 Å². The minimum atomic E-state index is -0.561. The molecule has 15 heavy (non-hydrogen) atoms. The number of nitro groups is 1. The van der Waals surface area contributed by atoms with Gasteiger partial charge in [-0.3, -0.25) is 10.1 Å². The monoisotopic (exact) mass is 232 g/mol. The molecule has 3 N–H and O–H groups in total. The van der Waals surface area contributed by atoms with E-state index in [2.05, 4.69) is 0 Å². The van der Waals surface area contributed by atoms with Crippen LogP contribution in [0.4, 0.5) is 5.69 Å². The Morgan fingerprint density at radius 1 is 1.60 bits per heavy atom. The Morgan fingerprint density at radius 3 is 2.67 bits per heavy atom. The van der Waals surface area contributed by atoms with E-state index < -0.39 is 11.0 Å². The number of nitrogens with zero attached hydrogens (tertiary/aromatic N) is 1. The number of benzene rings is 1. The predicted octanol–water partition coefficient (Wildman–Crippen LogP) is 1.32. The first-order chi connectivity index (χ1) is 6.56. The molecule has 0 spiro atoms. The van der Waals surface area contributed by atoms with Gasteiger partial charge in [-0.15, -0.1) is 12.4 Å². The van der Waals surface area contributed by atoms with Crippen molar-refractivity contribution in [2.45, 2.75) is 13.0 Å². The van der Waals surface area contributed by atoms with Gasteiger partial charge >= 0.3 is 0 Å². The third-order valence-corrected chi connectivity index (χ3v) is 2.05. The third-order valence-electron chi connectivity index (χ3n) is 2.05. The van der Waals surface area contributed by atoms with E-state index in [1.807, 2.05) is 0 Å². The molecule has 1 rings (SSSR count). The standard InChI is InChI=1S/C9H12N2O3.ClH/c1-6-2-3-7(8(10)5-12)4-9(6)11(13)14;/h2-4,8,12H,5,10H2,1H3;1H/t8-;/m1./s1. The van der Waals surface area contributed by atoms with Crippen LogP contribution in [0.2, 0.25) is 0 Å². The lowest BCUT2D eigenvalue weighted by Crippen LogP contribution is -2.14. The van der Waals surface area contributed by atoms with Crippen molar-refractivity contribution in [3.05, 3.63) is 39.4 Å². The molecule has 84 valence electrons. The topological polar surface area (TPSA) is 89.4 Å². The van der Waals surface area contributed by atoms with E-state index in [0.29, 0.717) is 11.1 Å². The zero-order valence-electron chi connectivity index (χ0n) is 8.21. The molecule has 5 nitrogen and oxygen atoms in total. The normalized spacial score (nSPS) is 11.7. The molecule has 0 fully saturated rings. The summed E-state index contributed by atoms with van der Waals surface area (Å²) in [5.41, 5.74) is 6.74. The summed E-state index contributed by atoms with van der Waals surface area (Å²) in [6, 6.07) is 4.15. The number of aliphatic hydroxyl groups excluding tert-OH is 1. The number of aryl methyl sites for hydroxylation is 1. The van der Waals surface area contributed by atoms with Crippen LogP contribution in [0.15, 0.2) is 18.2 Å². The molecule has 6 heteroatoms. The molecule has 1 atom stereocenters. The Morgan fingerprint density at radius 2 is 2.20 bits per heavy atom. The fraction of sp³-hybridized carbons (Fsp3) is 0.333. The first-order valence-electron chi connectivity index (χ1n) is 4.17. The first kappa shape index (κ1) is 13.8. The van der Waals surface area contributed by atoms with Crippen molar-refractivity contribution in [1.29, 1.82) is 0 Å². The van der Waals surface area contributed by atoms with E-state index in [1.54, 1.807) is 19.1 Å². The van der Waals surface area contributed by atoms with Crippen molar-refractivity contribution in [3.8, 4) is 0 Å². The molecule has 0 amide bonds. The fourth-order valence-corrected chi connectivity index (χ4v) is 1.16. The summed E-state index contributed by atoms with van der Waals surface area (Å²) in [6.45, 7) is 1.44. The maximum absolute atomic E-state index is 10.6. The summed E-state index contributed by atoms with van der Waals surface area (Å²) in [4.78, 5) is 10.1. The minimum Gasteiger partial charge on any atom is -0.394 e. The molecule has 0 aliphatic rings. The summed E-state index contributed by atoms with van der Waals surface area (Å²) in [6.07, 6.45) is 0. The van der Waals surface area contributed by atoms with Gasteiger partial charge in [0, 0.05) is 11.6 Å². The van der Waals surface area contributed by atoms with Crippen LogP contribution >= 0.6 is 12.4 Å². The highest BCUT2D eigenvalue weighted by Crippen LogP contribution is 2.21. The van der Waals surface area contributed by atoms with Crippen LogP contribution in [0.3, 0.4) is 0 Å². The van der Waals surface area contributed by atoms with Gasteiger partial charge in [-0.25, -0.2) is 0 Å². The van der Waals surface area contributed by atoms with Gasteiger partial charge in [0.05, 0.1) is 17.6 Å². The van der Waals surface area contributed by atoms with Gasteiger partial charge in [0.25, 0.3) is 5.69 Å². The summed E-state index contributed by atoms with van der Waals surface area (Å²) < 4.78 is 0. The van der Waals surface area contributed by atoms with Crippen LogP contribution in [0.1, 0.15) is 17.2 Å². The number of hydrogen-bond donors (Lipinski definition) is 2. The molecule has 0 saturated carbocycles. The Hall–Kier alpha value is -1.17. The van der Waals surface area contributed by atoms with Crippen LogP contribution in [-0.2, 0) is 0 Å². The molecule has 0 heterocycles. The van der Waals surface area contributed by atoms with E-state index in [-0.39, 0.29) is 24.7 Å². The van der Waals surface area contributed by atoms with E-state index >= 15 is 0 Å². The SMILES string of the molecule is Cc1ccc([C@H](N)CO)cc1[N+](=O)[O-].Cl. The smallest absolute Gasteiger partial charge is 0.272 e. The zero-order valence-corrected chi connectivity index (χ0v) is 9.03. The average Bonchev–Trinajstić information content (AvgIpc) is 2.17. The number of aliphatic hydroxyl groups is 1. The number of rotatable bonds is 3. The van der Waals surface area contributed by atoms with Crippen LogP contribution in [0.25, 0.3) is 0 Å². The maximum Gasteiger partial charge on any atom is 0.272 e. The van der Waals surface area contributed by atoms with Crippen LogP contribution in [0, 0.1) is 17.0 Å². The maximum atomic E-state index is 10.6. The molecule has 0 unspecified atom stereocenters. The average molecular weight is 233 g/mol. The number of nitrogens with two attached hydrogens (primary N) is 1. The van der Waals surface area contributed by atoms with Crippen molar-refractivity contribution in [2.75, 3.05) is 6.61 Å². The second kappa shape index (κ2) is 5.65. The third kappa shape index (κ3) is 3.16. The lowest BCUT2D eigenvalue weighted by Gasteiger charge is -2.08. The fourth-order valence-electron chi connectivity index (χ4n) is 1.16. The number of hydrogen-bond acceptors (Lipinski definition) is 4. The van der Waals surface area contributed by atoms with Crippen molar-refractivity contribution in [3.63, 3.8) is 0 Å². The Kier molecular flexibility index (Phi) is 5.21. The Bertz CT molecular complexity index is 357. The second-order valence-electron chi connectivity index (χ2n) is 3.09. The van der Waals surface area contributed by atoms with E-state index in [9.17, 15) is 10.1 Å². The van der Waals surface area contributed by atoms with Gasteiger partial charge in [-0.05, 0) is 12.5 Å². The molecule has 0 saturated heterocycles. The van der Waals surface area contributed by atoms with Gasteiger partial charge in [-0.1, -0.05) is 12.1 Å². The van der Waals surface area contributed by atoms with E-state index in [4.69, 9.17) is 10.8 Å². The molecule has 1 aromatic carbocycles. The summed E-state index contributed by atoms with van der Waals surface area (Å²) in [5, 5.41) is 19.4. The molecule has 0 aromatic heterocycles. The Labute approximate surface area is 93.5 Å². The molecule has 0 aliphatic carbocycles. The second-order valence-corrected chi connectivity index (χ2v) is 3.09. The van der Waals surface area contributed by atoms with Gasteiger partial charge in [0.2, 0.25) is 0 Å². The Balaban J connectivity index is 0.00000196. The summed E-state index contributed by atoms with van der Waals surface area (Å²) in [5.74, 6) is 0. The minimum absolute atomic E-state index is 0. The highest BCUT2D eigenvalue weighted by atomic mass is 35.5. The van der Waals surface area contributed by atoms with E-state index in [0.717, 1.165) is 0 Å². The first-order valence-corrected chi connectivity index (χ1v) is 4.17. The molecule has 0 radical (unpaired) electrons. The van der Waals surface area contributed by atoms with Crippen molar-refractivity contribution in [1.82, 2.24) is 0 Å². The van der Waals surface area contributed by atoms with Crippen molar-refractivity contribution < 1.29 is 10.0 Å².